The zero-order valence-electron chi connectivity index (χ0n) is 6.40. The second-order valence-corrected chi connectivity index (χ2v) is 1.90. The van der Waals surface area contributed by atoms with E-state index in [1.54, 1.807) is 0 Å². The van der Waals surface area contributed by atoms with Gasteiger partial charge >= 0.3 is 0 Å². The van der Waals surface area contributed by atoms with Gasteiger partial charge in [-0.25, -0.2) is 0 Å². The van der Waals surface area contributed by atoms with Crippen LogP contribution in [0.5, 0.6) is 0 Å². The molecule has 62 valence electrons. The van der Waals surface area contributed by atoms with E-state index in [0.717, 1.165) is 0 Å². The zero-order valence-corrected chi connectivity index (χ0v) is 6.40. The molecule has 0 rings (SSSR count). The van der Waals surface area contributed by atoms with Crippen molar-refractivity contribution in [2.75, 3.05) is 0 Å². The molecule has 0 aromatic rings. The molecule has 0 aliphatic rings. The lowest BCUT2D eigenvalue weighted by molar-refractivity contribution is -0.109. The van der Waals surface area contributed by atoms with Gasteiger partial charge in [0.05, 0.1) is 5.57 Å². The molecule has 3 heteroatoms. The number of rotatable bonds is 5. The molecule has 0 amide bonds. The number of carbonyl (C=O) groups excluding carboxylic acids is 3. The van der Waals surface area contributed by atoms with Gasteiger partial charge in [-0.2, -0.15) is 0 Å². The second kappa shape index (κ2) is 5.97. The number of aldehydes is 3. The summed E-state index contributed by atoms with van der Waals surface area (Å²) in [5, 5.41) is 0. The fourth-order valence-electron chi connectivity index (χ4n) is 0.546. The van der Waals surface area contributed by atoms with Gasteiger partial charge in [0, 0.05) is 5.57 Å². The lowest BCUT2D eigenvalue weighted by Gasteiger charge is -1.87. The first-order valence-electron chi connectivity index (χ1n) is 3.18. The van der Waals surface area contributed by atoms with Crippen LogP contribution < -0.4 is 0 Å². The minimum atomic E-state index is -0.0739. The molecule has 0 spiro atoms. The van der Waals surface area contributed by atoms with Crippen LogP contribution in [0.3, 0.4) is 0 Å². The van der Waals surface area contributed by atoms with E-state index in [9.17, 15) is 14.4 Å². The number of carbonyl (C=O) groups is 3. The molecule has 0 saturated heterocycles. The summed E-state index contributed by atoms with van der Waals surface area (Å²) in [7, 11) is 0. The van der Waals surface area contributed by atoms with Gasteiger partial charge in [-0.3, -0.25) is 14.4 Å². The highest BCUT2D eigenvalue weighted by molar-refractivity contribution is 6.01. The minimum Gasteiger partial charge on any atom is -0.298 e. The Bertz CT molecular complexity index is 249. The highest BCUT2D eigenvalue weighted by atomic mass is 16.1. The van der Waals surface area contributed by atoms with Crippen molar-refractivity contribution in [3.63, 3.8) is 0 Å². The quantitative estimate of drug-likeness (QED) is 0.197. The SMILES string of the molecule is C=C/C=C(\C=O)C=C(C=O)C=O. The largest absolute Gasteiger partial charge is 0.298 e. The first-order chi connectivity index (χ1) is 5.78. The van der Waals surface area contributed by atoms with Crippen LogP contribution in [0.4, 0.5) is 0 Å². The highest BCUT2D eigenvalue weighted by Gasteiger charge is 1.93. The van der Waals surface area contributed by atoms with Gasteiger partial charge in [0.25, 0.3) is 0 Å². The van der Waals surface area contributed by atoms with Crippen LogP contribution in [0.2, 0.25) is 0 Å². The van der Waals surface area contributed by atoms with E-state index in [1.165, 1.54) is 18.2 Å². The summed E-state index contributed by atoms with van der Waals surface area (Å²) >= 11 is 0. The fourth-order valence-corrected chi connectivity index (χ4v) is 0.546. The van der Waals surface area contributed by atoms with E-state index in [-0.39, 0.29) is 11.1 Å². The predicted molar refractivity (Wildman–Crippen MR) is 44.6 cm³/mol. The maximum Gasteiger partial charge on any atom is 0.153 e. The standard InChI is InChI=1S/C9H8O3/c1-2-3-8(5-10)4-9(6-11)7-12/h2-7H,1H2/b8-3-. The van der Waals surface area contributed by atoms with Crippen molar-refractivity contribution in [2.24, 2.45) is 0 Å². The third kappa shape index (κ3) is 3.41. The maximum atomic E-state index is 10.3. The van der Waals surface area contributed by atoms with E-state index in [2.05, 4.69) is 6.58 Å². The summed E-state index contributed by atoms with van der Waals surface area (Å²) in [4.78, 5) is 30.5. The van der Waals surface area contributed by atoms with Gasteiger partial charge in [0.2, 0.25) is 0 Å². The van der Waals surface area contributed by atoms with Crippen LogP contribution in [0.1, 0.15) is 0 Å². The van der Waals surface area contributed by atoms with Crippen molar-refractivity contribution >= 4 is 18.9 Å². The summed E-state index contributed by atoms with van der Waals surface area (Å²) in [5.41, 5.74) is 0.161. The molecule has 0 aromatic carbocycles. The van der Waals surface area contributed by atoms with Crippen molar-refractivity contribution < 1.29 is 14.4 Å². The molecule has 0 saturated carbocycles. The molecule has 0 heterocycles. The number of hydrogen-bond donors (Lipinski definition) is 0. The monoisotopic (exact) mass is 164 g/mol. The Morgan fingerprint density at radius 2 is 1.42 bits per heavy atom. The van der Waals surface area contributed by atoms with Gasteiger partial charge in [0.1, 0.15) is 6.29 Å². The Kier molecular flexibility index (Phi) is 5.09. The van der Waals surface area contributed by atoms with Crippen LogP contribution >= 0.6 is 0 Å². The van der Waals surface area contributed by atoms with Crippen LogP contribution in [-0.4, -0.2) is 18.9 Å². The number of hydrogen-bond acceptors (Lipinski definition) is 3. The van der Waals surface area contributed by atoms with E-state index < -0.39 is 0 Å². The molecule has 0 bridgehead atoms. The lowest BCUT2D eigenvalue weighted by Crippen LogP contribution is -1.88. The molecule has 0 fully saturated rings. The van der Waals surface area contributed by atoms with Crippen LogP contribution in [0.25, 0.3) is 0 Å². The molecule has 0 N–H and O–H groups in total. The first-order valence-corrected chi connectivity index (χ1v) is 3.18. The van der Waals surface area contributed by atoms with Gasteiger partial charge in [-0.15, -0.1) is 0 Å². The van der Waals surface area contributed by atoms with Crippen LogP contribution in [-0.2, 0) is 14.4 Å². The molecule has 0 unspecified atom stereocenters. The molecule has 0 aliphatic heterocycles. The highest BCUT2D eigenvalue weighted by Crippen LogP contribution is 1.96. The van der Waals surface area contributed by atoms with Crippen molar-refractivity contribution in [2.45, 2.75) is 0 Å². The third-order valence-electron chi connectivity index (χ3n) is 1.05. The van der Waals surface area contributed by atoms with Gasteiger partial charge in [0.15, 0.2) is 12.6 Å². The van der Waals surface area contributed by atoms with Crippen molar-refractivity contribution in [1.29, 1.82) is 0 Å². The minimum absolute atomic E-state index is 0.0739. The molecule has 12 heavy (non-hydrogen) atoms. The Morgan fingerprint density at radius 1 is 0.917 bits per heavy atom. The average molecular weight is 164 g/mol. The van der Waals surface area contributed by atoms with E-state index >= 15 is 0 Å². The van der Waals surface area contributed by atoms with Gasteiger partial charge in [-0.1, -0.05) is 18.7 Å². The van der Waals surface area contributed by atoms with Crippen molar-refractivity contribution in [3.8, 4) is 0 Å². The molecule has 0 atom stereocenters. The molecule has 0 aliphatic carbocycles. The van der Waals surface area contributed by atoms with E-state index in [4.69, 9.17) is 0 Å². The van der Waals surface area contributed by atoms with E-state index in [1.807, 2.05) is 0 Å². The van der Waals surface area contributed by atoms with Crippen LogP contribution in [0.15, 0.2) is 36.0 Å². The fraction of sp³-hybridized carbons (Fsp3) is 0. The smallest absolute Gasteiger partial charge is 0.153 e. The Morgan fingerprint density at radius 3 is 1.75 bits per heavy atom. The topological polar surface area (TPSA) is 51.2 Å². The van der Waals surface area contributed by atoms with Gasteiger partial charge < -0.3 is 0 Å². The summed E-state index contributed by atoms with van der Waals surface area (Å²) in [6.07, 6.45) is 5.29. The van der Waals surface area contributed by atoms with Gasteiger partial charge in [-0.05, 0) is 6.08 Å². The van der Waals surface area contributed by atoms with Crippen LogP contribution in [0, 0.1) is 0 Å². The predicted octanol–water partition coefficient (Wildman–Crippen LogP) is 0.622. The second-order valence-electron chi connectivity index (χ2n) is 1.90. The zero-order chi connectivity index (χ0) is 9.40. The summed E-state index contributed by atoms with van der Waals surface area (Å²) < 4.78 is 0. The van der Waals surface area contributed by atoms with E-state index in [0.29, 0.717) is 18.9 Å². The molecular formula is C9H8O3. The first kappa shape index (κ1) is 10.2. The Balaban J connectivity index is 4.76. The van der Waals surface area contributed by atoms with Crippen molar-refractivity contribution in [1.82, 2.24) is 0 Å². The third-order valence-corrected chi connectivity index (χ3v) is 1.05. The molecule has 3 nitrogen and oxygen atoms in total. The lowest BCUT2D eigenvalue weighted by atomic mass is 10.2. The normalized spacial score (nSPS) is 9.83. The molecular weight excluding hydrogens is 156 g/mol. The molecule has 0 radical (unpaired) electrons. The summed E-state index contributed by atoms with van der Waals surface area (Å²) in [5.74, 6) is 0. The van der Waals surface area contributed by atoms with Crippen molar-refractivity contribution in [3.05, 3.63) is 36.0 Å². The summed E-state index contributed by atoms with van der Waals surface area (Å²) in [6.45, 7) is 3.37. The molecule has 0 aromatic heterocycles. The average Bonchev–Trinajstić information content (AvgIpc) is 2.12. The number of allylic oxidation sites excluding steroid dienone is 5. The Labute approximate surface area is 70.1 Å². The summed E-state index contributed by atoms with van der Waals surface area (Å²) in [6, 6.07) is 0. The Hall–Kier alpha value is -1.77. The maximum absolute atomic E-state index is 10.3.